The first-order valence-corrected chi connectivity index (χ1v) is 8.23. The van der Waals surface area contributed by atoms with Gasteiger partial charge in [0.15, 0.2) is 5.82 Å². The van der Waals surface area contributed by atoms with Crippen molar-refractivity contribution < 1.29 is 8.78 Å². The van der Waals surface area contributed by atoms with Gasteiger partial charge in [-0.3, -0.25) is 0 Å². The van der Waals surface area contributed by atoms with Crippen LogP contribution in [0.5, 0.6) is 0 Å². The van der Waals surface area contributed by atoms with E-state index < -0.39 is 11.6 Å². The topological polar surface area (TPSA) is 46.8 Å². The van der Waals surface area contributed by atoms with Crippen LogP contribution < -0.4 is 4.90 Å². The minimum atomic E-state index is -0.649. The highest BCUT2D eigenvalue weighted by atomic mass is 19.1. The largest absolute Gasteiger partial charge is 0.356 e. The lowest BCUT2D eigenvalue weighted by Crippen LogP contribution is -2.35. The van der Waals surface area contributed by atoms with Gasteiger partial charge in [0.05, 0.1) is 0 Å². The molecule has 0 unspecified atom stereocenters. The Morgan fingerprint density at radius 2 is 2.00 bits per heavy atom. The van der Waals surface area contributed by atoms with E-state index in [1.807, 2.05) is 18.2 Å². The molecule has 4 rings (SSSR count). The predicted molar refractivity (Wildman–Crippen MR) is 89.7 cm³/mol. The summed E-state index contributed by atoms with van der Waals surface area (Å²) in [4.78, 5) is 11.0. The van der Waals surface area contributed by atoms with Gasteiger partial charge in [-0.1, -0.05) is 6.07 Å². The maximum Gasteiger partial charge on any atom is 0.151 e. The van der Waals surface area contributed by atoms with E-state index in [2.05, 4.69) is 20.0 Å². The molecule has 0 amide bonds. The normalized spacial score (nSPS) is 17.7. The van der Waals surface area contributed by atoms with Crippen LogP contribution in [0, 0.1) is 11.6 Å². The lowest BCUT2D eigenvalue weighted by atomic mass is 9.97. The van der Waals surface area contributed by atoms with Crippen molar-refractivity contribution in [3.8, 4) is 5.69 Å². The Bertz CT molecular complexity index is 865. The molecule has 25 heavy (non-hydrogen) atoms. The van der Waals surface area contributed by atoms with Crippen LogP contribution in [-0.4, -0.2) is 32.8 Å². The van der Waals surface area contributed by atoms with Gasteiger partial charge in [-0.2, -0.15) is 5.10 Å². The molecule has 1 fully saturated rings. The Kier molecular flexibility index (Phi) is 4.13. The van der Waals surface area contributed by atoms with Crippen LogP contribution in [-0.2, 0) is 0 Å². The summed E-state index contributed by atoms with van der Waals surface area (Å²) >= 11 is 0. The third kappa shape index (κ3) is 3.09. The third-order valence-corrected chi connectivity index (χ3v) is 4.47. The zero-order valence-electron chi connectivity index (χ0n) is 13.5. The molecule has 1 aliphatic rings. The van der Waals surface area contributed by atoms with Crippen LogP contribution in [0.25, 0.3) is 5.69 Å². The van der Waals surface area contributed by atoms with Gasteiger partial charge in [0, 0.05) is 31.3 Å². The number of hydrogen-bond acceptors (Lipinski definition) is 4. The molecule has 1 aliphatic heterocycles. The fourth-order valence-electron chi connectivity index (χ4n) is 3.30. The second kappa shape index (κ2) is 6.58. The number of piperidine rings is 1. The summed E-state index contributed by atoms with van der Waals surface area (Å²) in [5, 5.41) is 4.16. The first-order valence-electron chi connectivity index (χ1n) is 8.23. The zero-order chi connectivity index (χ0) is 17.2. The first-order chi connectivity index (χ1) is 12.2. The molecule has 0 bridgehead atoms. The highest BCUT2D eigenvalue weighted by Crippen LogP contribution is 2.29. The summed E-state index contributed by atoms with van der Waals surface area (Å²) < 4.78 is 28.8. The van der Waals surface area contributed by atoms with Gasteiger partial charge in [0.1, 0.15) is 29.5 Å². The van der Waals surface area contributed by atoms with Crippen LogP contribution in [0.15, 0.2) is 48.9 Å². The average molecular weight is 341 g/mol. The fraction of sp³-hybridized carbons (Fsp3) is 0.278. The number of pyridine rings is 1. The molecule has 1 aromatic carbocycles. The summed E-state index contributed by atoms with van der Waals surface area (Å²) in [6, 6.07) is 9.31. The van der Waals surface area contributed by atoms with Crippen LogP contribution in [0.3, 0.4) is 0 Å². The number of halogens is 2. The third-order valence-electron chi connectivity index (χ3n) is 4.47. The smallest absolute Gasteiger partial charge is 0.151 e. The van der Waals surface area contributed by atoms with Gasteiger partial charge in [-0.05, 0) is 37.1 Å². The first kappa shape index (κ1) is 15.7. The van der Waals surface area contributed by atoms with Crippen molar-refractivity contribution in [1.82, 2.24) is 19.7 Å². The Balaban J connectivity index is 1.63. The number of aromatic nitrogens is 4. The molecule has 0 radical (unpaired) electrons. The monoisotopic (exact) mass is 341 g/mol. The van der Waals surface area contributed by atoms with E-state index in [0.29, 0.717) is 5.82 Å². The molecule has 0 aliphatic carbocycles. The molecule has 5 nitrogen and oxygen atoms in total. The number of hydrogen-bond donors (Lipinski definition) is 0. The predicted octanol–water partition coefficient (Wildman–Crippen LogP) is 3.32. The highest BCUT2D eigenvalue weighted by molar-refractivity contribution is 5.40. The fourth-order valence-corrected chi connectivity index (χ4v) is 3.30. The highest BCUT2D eigenvalue weighted by Gasteiger charge is 2.27. The number of benzene rings is 1. The molecule has 0 spiro atoms. The van der Waals surface area contributed by atoms with E-state index in [-0.39, 0.29) is 11.6 Å². The Hall–Kier alpha value is -2.83. The SMILES string of the molecule is Fc1ccc(-n2ncnc2[C@H]2CCCN(c3ccccn3)C2)c(F)c1. The number of rotatable bonds is 3. The van der Waals surface area contributed by atoms with Gasteiger partial charge < -0.3 is 4.90 Å². The maximum atomic E-state index is 14.2. The molecule has 1 saturated heterocycles. The van der Waals surface area contributed by atoms with Crippen molar-refractivity contribution in [1.29, 1.82) is 0 Å². The van der Waals surface area contributed by atoms with Crippen molar-refractivity contribution in [2.75, 3.05) is 18.0 Å². The molecular formula is C18H17F2N5. The van der Waals surface area contributed by atoms with Crippen molar-refractivity contribution in [2.24, 2.45) is 0 Å². The van der Waals surface area contributed by atoms with Gasteiger partial charge >= 0.3 is 0 Å². The second-order valence-corrected chi connectivity index (χ2v) is 6.10. The molecule has 3 heterocycles. The van der Waals surface area contributed by atoms with E-state index in [4.69, 9.17) is 0 Å². The molecule has 2 aromatic heterocycles. The van der Waals surface area contributed by atoms with E-state index in [1.54, 1.807) is 6.20 Å². The minimum absolute atomic E-state index is 0.0997. The summed E-state index contributed by atoms with van der Waals surface area (Å²) in [5.74, 6) is 0.450. The molecule has 0 saturated carbocycles. The van der Waals surface area contributed by atoms with Gasteiger partial charge in [-0.25, -0.2) is 23.4 Å². The molecule has 128 valence electrons. The maximum absolute atomic E-state index is 14.2. The summed E-state index contributed by atoms with van der Waals surface area (Å²) in [6.07, 6.45) is 5.11. The molecule has 0 N–H and O–H groups in total. The second-order valence-electron chi connectivity index (χ2n) is 6.10. The van der Waals surface area contributed by atoms with Gasteiger partial charge in [-0.15, -0.1) is 0 Å². The van der Waals surface area contributed by atoms with Crippen LogP contribution in [0.1, 0.15) is 24.6 Å². The van der Waals surface area contributed by atoms with Crippen molar-refractivity contribution in [3.63, 3.8) is 0 Å². The lowest BCUT2D eigenvalue weighted by molar-refractivity contribution is 0.477. The van der Waals surface area contributed by atoms with Crippen molar-refractivity contribution in [2.45, 2.75) is 18.8 Å². The van der Waals surface area contributed by atoms with E-state index in [1.165, 1.54) is 23.1 Å². The summed E-state index contributed by atoms with van der Waals surface area (Å²) in [6.45, 7) is 1.66. The van der Waals surface area contributed by atoms with E-state index in [9.17, 15) is 8.78 Å². The zero-order valence-corrected chi connectivity index (χ0v) is 13.5. The van der Waals surface area contributed by atoms with Crippen molar-refractivity contribution >= 4 is 5.82 Å². The summed E-state index contributed by atoms with van der Waals surface area (Å²) in [7, 11) is 0. The standard InChI is InChI=1S/C18H17F2N5/c19-14-6-7-16(15(20)10-14)25-18(22-12-23-25)13-4-3-9-24(11-13)17-5-1-2-8-21-17/h1-2,5-8,10,12-13H,3-4,9,11H2/t13-/m0/s1. The Morgan fingerprint density at radius 3 is 2.80 bits per heavy atom. The minimum Gasteiger partial charge on any atom is -0.356 e. The molecule has 7 heteroatoms. The van der Waals surface area contributed by atoms with Crippen LogP contribution in [0.2, 0.25) is 0 Å². The van der Waals surface area contributed by atoms with Crippen molar-refractivity contribution in [3.05, 3.63) is 66.4 Å². The quantitative estimate of drug-likeness (QED) is 0.733. The Morgan fingerprint density at radius 1 is 1.08 bits per heavy atom. The lowest BCUT2D eigenvalue weighted by Gasteiger charge is -2.33. The van der Waals surface area contributed by atoms with Crippen LogP contribution in [0.4, 0.5) is 14.6 Å². The van der Waals surface area contributed by atoms with E-state index in [0.717, 1.165) is 37.8 Å². The van der Waals surface area contributed by atoms with Crippen LogP contribution >= 0.6 is 0 Å². The number of anilines is 1. The Labute approximate surface area is 144 Å². The molecule has 3 aromatic rings. The average Bonchev–Trinajstić information content (AvgIpc) is 3.12. The van der Waals surface area contributed by atoms with Gasteiger partial charge in [0.2, 0.25) is 0 Å². The number of nitrogens with zero attached hydrogens (tertiary/aromatic N) is 5. The molecule has 1 atom stereocenters. The van der Waals surface area contributed by atoms with E-state index >= 15 is 0 Å². The van der Waals surface area contributed by atoms with Gasteiger partial charge in [0.25, 0.3) is 0 Å². The summed E-state index contributed by atoms with van der Waals surface area (Å²) in [5.41, 5.74) is 0.212. The molecular weight excluding hydrogens is 324 g/mol.